The van der Waals surface area contributed by atoms with Crippen molar-refractivity contribution in [2.75, 3.05) is 37.4 Å². The van der Waals surface area contributed by atoms with Gasteiger partial charge in [-0.1, -0.05) is 12.1 Å². The number of nitrogens with one attached hydrogen (secondary N) is 3. The van der Waals surface area contributed by atoms with Gasteiger partial charge in [-0.05, 0) is 46.0 Å². The Hall–Kier alpha value is -3.11. The minimum absolute atomic E-state index is 0.0483. The highest BCUT2D eigenvalue weighted by molar-refractivity contribution is 6.03. The van der Waals surface area contributed by atoms with E-state index in [9.17, 15) is 14.7 Å². The van der Waals surface area contributed by atoms with Crippen LogP contribution in [0.2, 0.25) is 0 Å². The number of aliphatic hydroxyl groups excluding tert-OH is 1. The molecule has 174 valence electrons. The molecule has 0 bridgehead atoms. The number of likely N-dealkylation sites (N-methyl/N-ethyl adjacent to an activating group) is 1. The van der Waals surface area contributed by atoms with Crippen LogP contribution in [0.4, 0.5) is 16.2 Å². The summed E-state index contributed by atoms with van der Waals surface area (Å²) in [7, 11) is 1.85. The summed E-state index contributed by atoms with van der Waals surface area (Å²) in [6, 6.07) is 4.11. The zero-order chi connectivity index (χ0) is 23.4. The first kappa shape index (κ1) is 23.6. The van der Waals surface area contributed by atoms with Crippen LogP contribution in [0.25, 0.3) is 0 Å². The Morgan fingerprint density at radius 3 is 2.72 bits per heavy atom. The van der Waals surface area contributed by atoms with Crippen LogP contribution in [0, 0.1) is 19.8 Å². The normalized spacial score (nSPS) is 19.4. The van der Waals surface area contributed by atoms with Crippen LogP contribution < -0.4 is 20.7 Å². The minimum Gasteiger partial charge on any atom is -0.488 e. The monoisotopic (exact) mass is 445 g/mol. The number of anilines is 2. The molecule has 0 unspecified atom stereocenters. The molecule has 10 nitrogen and oxygen atoms in total. The van der Waals surface area contributed by atoms with E-state index >= 15 is 0 Å². The molecule has 2 heterocycles. The number of ether oxygens (including phenoxy) is 1. The third-order valence-corrected chi connectivity index (χ3v) is 5.60. The molecule has 0 spiro atoms. The summed E-state index contributed by atoms with van der Waals surface area (Å²) in [6.07, 6.45) is -0.165. The molecule has 2 aromatic rings. The molecule has 1 aromatic heterocycles. The maximum Gasteiger partial charge on any atom is 0.323 e. The molecule has 0 radical (unpaired) electrons. The van der Waals surface area contributed by atoms with Crippen molar-refractivity contribution in [1.82, 2.24) is 15.4 Å². The number of carbonyl (C=O) groups is 2. The molecule has 1 aliphatic heterocycles. The van der Waals surface area contributed by atoms with Crippen molar-refractivity contribution in [3.63, 3.8) is 0 Å². The summed E-state index contributed by atoms with van der Waals surface area (Å²) >= 11 is 0. The highest BCUT2D eigenvalue weighted by Gasteiger charge is 2.32. The standard InChI is InChI=1S/C22H31N5O5/c1-12-10-27(13(2)11-28)21(29)17-8-16(6-7-18(17)31-19(12)9-23-5)24-22(30)25-20-14(3)26-32-15(20)4/h6-8,12-13,19,23,28H,9-11H2,1-5H3,(H2,24,25,30)/t12-,13-,19-/m0/s1. The molecule has 3 amide bonds. The molecule has 3 rings (SSSR count). The molecule has 1 aliphatic rings. The first-order valence-electron chi connectivity index (χ1n) is 10.6. The van der Waals surface area contributed by atoms with Crippen LogP contribution in [-0.4, -0.2) is 66.0 Å². The van der Waals surface area contributed by atoms with Crippen molar-refractivity contribution in [3.05, 3.63) is 35.2 Å². The fourth-order valence-corrected chi connectivity index (χ4v) is 3.68. The largest absolute Gasteiger partial charge is 0.488 e. The number of aromatic nitrogens is 1. The molecule has 1 aromatic carbocycles. The topological polar surface area (TPSA) is 129 Å². The zero-order valence-corrected chi connectivity index (χ0v) is 19.1. The van der Waals surface area contributed by atoms with Gasteiger partial charge in [0.25, 0.3) is 5.91 Å². The van der Waals surface area contributed by atoms with Crippen molar-refractivity contribution in [2.24, 2.45) is 5.92 Å². The molecule has 0 saturated carbocycles. The second-order valence-corrected chi connectivity index (χ2v) is 8.17. The van der Waals surface area contributed by atoms with Crippen molar-refractivity contribution >= 4 is 23.3 Å². The number of amides is 3. The van der Waals surface area contributed by atoms with Crippen molar-refractivity contribution < 1.29 is 24.0 Å². The predicted octanol–water partition coefficient (Wildman–Crippen LogP) is 2.37. The van der Waals surface area contributed by atoms with Gasteiger partial charge in [0.15, 0.2) is 5.76 Å². The number of aliphatic hydroxyl groups is 1. The second kappa shape index (κ2) is 10.0. The number of aryl methyl sites for hydroxylation is 2. The number of benzene rings is 1. The van der Waals surface area contributed by atoms with Crippen LogP contribution in [0.1, 0.15) is 35.7 Å². The third-order valence-electron chi connectivity index (χ3n) is 5.60. The van der Waals surface area contributed by atoms with Gasteiger partial charge in [0.05, 0.1) is 18.2 Å². The van der Waals surface area contributed by atoms with E-state index in [1.807, 2.05) is 14.0 Å². The van der Waals surface area contributed by atoms with E-state index in [1.54, 1.807) is 43.9 Å². The number of nitrogens with zero attached hydrogens (tertiary/aromatic N) is 2. The lowest BCUT2D eigenvalue weighted by Gasteiger charge is -2.37. The lowest BCUT2D eigenvalue weighted by molar-refractivity contribution is 0.0416. The Morgan fingerprint density at radius 1 is 1.34 bits per heavy atom. The summed E-state index contributed by atoms with van der Waals surface area (Å²) < 4.78 is 11.2. The second-order valence-electron chi connectivity index (χ2n) is 8.17. The van der Waals surface area contributed by atoms with Crippen LogP contribution in [0.15, 0.2) is 22.7 Å². The van der Waals surface area contributed by atoms with Crippen LogP contribution in [-0.2, 0) is 0 Å². The molecular formula is C22H31N5O5. The van der Waals surface area contributed by atoms with Gasteiger partial charge in [0, 0.05) is 24.7 Å². The quantitative estimate of drug-likeness (QED) is 0.537. The average Bonchev–Trinajstić information content (AvgIpc) is 3.08. The minimum atomic E-state index is -0.485. The van der Waals surface area contributed by atoms with E-state index in [0.29, 0.717) is 47.2 Å². The van der Waals surface area contributed by atoms with E-state index < -0.39 is 6.03 Å². The van der Waals surface area contributed by atoms with Crippen molar-refractivity contribution in [1.29, 1.82) is 0 Å². The van der Waals surface area contributed by atoms with Gasteiger partial charge in [-0.15, -0.1) is 0 Å². The Balaban J connectivity index is 1.89. The summed E-state index contributed by atoms with van der Waals surface area (Å²) in [5.41, 5.74) is 1.83. The fourth-order valence-electron chi connectivity index (χ4n) is 3.68. The summed E-state index contributed by atoms with van der Waals surface area (Å²) in [6.45, 7) is 8.16. The van der Waals surface area contributed by atoms with Gasteiger partial charge < -0.3 is 35.2 Å². The van der Waals surface area contributed by atoms with E-state index in [0.717, 1.165) is 0 Å². The molecule has 10 heteroatoms. The number of hydrogen-bond acceptors (Lipinski definition) is 7. The average molecular weight is 446 g/mol. The zero-order valence-electron chi connectivity index (χ0n) is 19.1. The van der Waals surface area contributed by atoms with Gasteiger partial charge in [-0.3, -0.25) is 4.79 Å². The van der Waals surface area contributed by atoms with E-state index in [1.165, 1.54) is 0 Å². The number of urea groups is 1. The van der Waals surface area contributed by atoms with Crippen LogP contribution in [0.3, 0.4) is 0 Å². The smallest absolute Gasteiger partial charge is 0.323 e. The third kappa shape index (κ3) is 5.03. The van der Waals surface area contributed by atoms with Crippen LogP contribution >= 0.6 is 0 Å². The fraction of sp³-hybridized carbons (Fsp3) is 0.500. The number of carbonyl (C=O) groups excluding carboxylic acids is 2. The van der Waals surface area contributed by atoms with Gasteiger partial charge in [0.2, 0.25) is 0 Å². The SMILES string of the molecule is CNC[C@@H]1Oc2ccc(NC(=O)Nc3c(C)noc3C)cc2C(=O)N([C@@H](C)CO)C[C@@H]1C. The Morgan fingerprint density at radius 2 is 2.09 bits per heavy atom. The number of hydrogen-bond donors (Lipinski definition) is 4. The predicted molar refractivity (Wildman–Crippen MR) is 120 cm³/mol. The summed E-state index contributed by atoms with van der Waals surface area (Å²) in [5, 5.41) is 22.1. The van der Waals surface area contributed by atoms with Gasteiger partial charge in [-0.2, -0.15) is 0 Å². The Kier molecular flexibility index (Phi) is 7.37. The summed E-state index contributed by atoms with van der Waals surface area (Å²) in [4.78, 5) is 27.5. The van der Waals surface area contributed by atoms with E-state index in [-0.39, 0.29) is 30.6 Å². The highest BCUT2D eigenvalue weighted by Crippen LogP contribution is 2.30. The van der Waals surface area contributed by atoms with Crippen molar-refractivity contribution in [2.45, 2.75) is 39.8 Å². The van der Waals surface area contributed by atoms with Gasteiger partial charge in [-0.25, -0.2) is 4.79 Å². The summed E-state index contributed by atoms with van der Waals surface area (Å²) in [5.74, 6) is 0.727. The molecular weight excluding hydrogens is 414 g/mol. The van der Waals surface area contributed by atoms with E-state index in [2.05, 4.69) is 21.1 Å². The first-order chi connectivity index (χ1) is 15.2. The molecule has 0 aliphatic carbocycles. The maximum absolute atomic E-state index is 13.4. The molecule has 4 N–H and O–H groups in total. The lowest BCUT2D eigenvalue weighted by Crippen LogP contribution is -2.49. The maximum atomic E-state index is 13.4. The molecule has 3 atom stereocenters. The highest BCUT2D eigenvalue weighted by atomic mass is 16.5. The van der Waals surface area contributed by atoms with Crippen LogP contribution in [0.5, 0.6) is 5.75 Å². The Bertz CT molecular complexity index is 956. The van der Waals surface area contributed by atoms with Crippen molar-refractivity contribution in [3.8, 4) is 5.75 Å². The molecule has 0 saturated heterocycles. The van der Waals surface area contributed by atoms with Gasteiger partial charge >= 0.3 is 6.03 Å². The molecule has 32 heavy (non-hydrogen) atoms. The van der Waals surface area contributed by atoms with Gasteiger partial charge in [0.1, 0.15) is 23.2 Å². The number of fused-ring (bicyclic) bond motifs is 1. The lowest BCUT2D eigenvalue weighted by atomic mass is 9.99. The molecule has 0 fully saturated rings. The Labute approximate surface area is 187 Å². The first-order valence-corrected chi connectivity index (χ1v) is 10.6. The van der Waals surface area contributed by atoms with E-state index in [4.69, 9.17) is 9.26 Å². The number of rotatable bonds is 6.